The SMILES string of the molecule is CC(=O)O[C@@H](C1CC[C@H]2C(CC3C4CCC5C(C)(C)[C@@H](OC6CN([C@@H]7CCOC7=O)CCO6)CCC56CC46CCC32C)O1)C(C)(C)O. The van der Waals surface area contributed by atoms with Crippen LogP contribution in [0, 0.1) is 45.3 Å². The van der Waals surface area contributed by atoms with Crippen molar-refractivity contribution in [3.8, 4) is 0 Å². The van der Waals surface area contributed by atoms with Gasteiger partial charge in [-0.05, 0) is 123 Å². The average Bonchev–Trinajstić information content (AvgIpc) is 3.30. The maximum atomic E-state index is 12.3. The van der Waals surface area contributed by atoms with Gasteiger partial charge in [-0.1, -0.05) is 20.8 Å². The summed E-state index contributed by atoms with van der Waals surface area (Å²) in [6.45, 7) is 14.9. The van der Waals surface area contributed by atoms with Crippen LogP contribution in [0.1, 0.15) is 112 Å². The van der Waals surface area contributed by atoms with E-state index in [0.29, 0.717) is 53.8 Å². The molecule has 8 rings (SSSR count). The van der Waals surface area contributed by atoms with E-state index in [1.54, 1.807) is 13.8 Å². The zero-order chi connectivity index (χ0) is 33.1. The minimum absolute atomic E-state index is 0.0637. The van der Waals surface area contributed by atoms with E-state index in [0.717, 1.165) is 44.6 Å². The van der Waals surface area contributed by atoms with Crippen molar-refractivity contribution in [2.45, 2.75) is 155 Å². The van der Waals surface area contributed by atoms with Gasteiger partial charge in [0.1, 0.15) is 6.04 Å². The van der Waals surface area contributed by atoms with Gasteiger partial charge in [-0.15, -0.1) is 0 Å². The van der Waals surface area contributed by atoms with Gasteiger partial charge in [-0.25, -0.2) is 0 Å². The first-order valence-electron chi connectivity index (χ1n) is 18.9. The molecule has 47 heavy (non-hydrogen) atoms. The van der Waals surface area contributed by atoms with Crippen LogP contribution in [0.25, 0.3) is 0 Å². The van der Waals surface area contributed by atoms with E-state index in [-0.39, 0.29) is 48.0 Å². The largest absolute Gasteiger partial charge is 0.464 e. The smallest absolute Gasteiger partial charge is 0.323 e. The number of nitrogens with zero attached hydrogens (tertiary/aromatic N) is 1. The van der Waals surface area contributed by atoms with Crippen LogP contribution < -0.4 is 0 Å². The lowest BCUT2D eigenvalue weighted by molar-refractivity contribution is -0.247. The minimum Gasteiger partial charge on any atom is -0.464 e. The van der Waals surface area contributed by atoms with Crippen molar-refractivity contribution < 1.29 is 38.4 Å². The van der Waals surface area contributed by atoms with Crippen LogP contribution in [0.5, 0.6) is 0 Å². The highest BCUT2D eigenvalue weighted by atomic mass is 16.7. The van der Waals surface area contributed by atoms with E-state index < -0.39 is 11.7 Å². The summed E-state index contributed by atoms with van der Waals surface area (Å²) < 4.78 is 30.8. The van der Waals surface area contributed by atoms with Gasteiger partial charge in [0.15, 0.2) is 12.4 Å². The van der Waals surface area contributed by atoms with Crippen molar-refractivity contribution in [2.75, 3.05) is 26.3 Å². The maximum absolute atomic E-state index is 12.3. The lowest BCUT2D eigenvalue weighted by Crippen LogP contribution is -2.57. The quantitative estimate of drug-likeness (QED) is 0.384. The molecule has 264 valence electrons. The second-order valence-electron chi connectivity index (χ2n) is 18.4. The Kier molecular flexibility index (Phi) is 7.79. The number of carbonyl (C=O) groups excluding carboxylic acids is 2. The highest BCUT2D eigenvalue weighted by Gasteiger charge is 2.80. The Balaban J connectivity index is 0.959. The standard InChI is InChI=1S/C38H59NO8/c1-22(40)45-32(35(4,5)42)27-9-7-24-28(46-27)19-25-23-8-10-29-34(2,3)30(11-13-38(29)21-37(23,38)15-14-36(24,25)6)47-31-20-39(16-18-43-31)26-12-17-44-33(26)41/h23-32,42H,7-21H2,1-6H3/t23?,24-,25?,26+,27?,28?,29?,30-,31?,32-,36?,37?,38?/m0/s1. The van der Waals surface area contributed by atoms with Crippen LogP contribution in [-0.2, 0) is 33.3 Å². The molecule has 9 heteroatoms. The third-order valence-electron chi connectivity index (χ3n) is 15.6. The van der Waals surface area contributed by atoms with Gasteiger partial charge in [0.25, 0.3) is 0 Å². The number of rotatable bonds is 6. The van der Waals surface area contributed by atoms with E-state index in [1.165, 1.54) is 45.4 Å². The molecule has 9 nitrogen and oxygen atoms in total. The summed E-state index contributed by atoms with van der Waals surface area (Å²) >= 11 is 0. The van der Waals surface area contributed by atoms with Gasteiger partial charge in [0.05, 0.1) is 43.7 Å². The Labute approximate surface area is 281 Å². The monoisotopic (exact) mass is 657 g/mol. The van der Waals surface area contributed by atoms with Crippen LogP contribution in [-0.4, -0.2) is 90.6 Å². The zero-order valence-electron chi connectivity index (χ0n) is 29.6. The predicted molar refractivity (Wildman–Crippen MR) is 173 cm³/mol. The molecule has 13 atom stereocenters. The molecule has 0 aromatic carbocycles. The van der Waals surface area contributed by atoms with Crippen molar-refractivity contribution >= 4 is 11.9 Å². The Bertz CT molecular complexity index is 1260. The van der Waals surface area contributed by atoms with Crippen LogP contribution >= 0.6 is 0 Å². The summed E-state index contributed by atoms with van der Waals surface area (Å²) in [7, 11) is 0. The third kappa shape index (κ3) is 4.93. The molecule has 3 aliphatic heterocycles. The topological polar surface area (TPSA) is 104 Å². The van der Waals surface area contributed by atoms with Crippen LogP contribution in [0.3, 0.4) is 0 Å². The van der Waals surface area contributed by atoms with Crippen molar-refractivity contribution in [1.82, 2.24) is 4.90 Å². The molecule has 3 saturated heterocycles. The minimum atomic E-state index is -1.15. The van der Waals surface area contributed by atoms with Gasteiger partial charge >= 0.3 is 11.9 Å². The number of ether oxygens (including phenoxy) is 5. The lowest BCUT2D eigenvalue weighted by Gasteiger charge is -2.60. The normalized spacial score (nSPS) is 49.4. The predicted octanol–water partition coefficient (Wildman–Crippen LogP) is 5.25. The Morgan fingerprint density at radius 2 is 1.77 bits per heavy atom. The number of hydrogen-bond donors (Lipinski definition) is 1. The maximum Gasteiger partial charge on any atom is 0.323 e. The first kappa shape index (κ1) is 32.9. The van der Waals surface area contributed by atoms with Gasteiger partial charge in [-0.2, -0.15) is 0 Å². The number of fused-ring (bicyclic) bond motifs is 4. The molecule has 5 saturated carbocycles. The number of aliphatic hydroxyl groups is 1. The zero-order valence-corrected chi connectivity index (χ0v) is 29.6. The molecular formula is C38H59NO8. The summed E-state index contributed by atoms with van der Waals surface area (Å²) in [5.74, 6) is 2.14. The fourth-order valence-electron chi connectivity index (χ4n) is 13.6. The molecule has 0 amide bonds. The molecule has 1 N–H and O–H groups in total. The molecule has 3 heterocycles. The first-order chi connectivity index (χ1) is 22.2. The van der Waals surface area contributed by atoms with E-state index in [4.69, 9.17) is 23.7 Å². The second kappa shape index (κ2) is 11.1. The summed E-state index contributed by atoms with van der Waals surface area (Å²) in [6, 6.07) is -0.154. The van der Waals surface area contributed by atoms with Gasteiger partial charge in [0.2, 0.25) is 0 Å². The van der Waals surface area contributed by atoms with Crippen molar-refractivity contribution in [3.05, 3.63) is 0 Å². The van der Waals surface area contributed by atoms with Crippen molar-refractivity contribution in [2.24, 2.45) is 45.3 Å². The van der Waals surface area contributed by atoms with E-state index in [1.807, 2.05) is 0 Å². The van der Waals surface area contributed by atoms with E-state index in [9.17, 15) is 14.7 Å². The van der Waals surface area contributed by atoms with Gasteiger partial charge in [-0.3, -0.25) is 14.5 Å². The summed E-state index contributed by atoms with van der Waals surface area (Å²) in [4.78, 5) is 26.5. The molecule has 9 unspecified atom stereocenters. The number of morpholine rings is 1. The number of hydrogen-bond acceptors (Lipinski definition) is 9. The molecule has 8 aliphatic rings. The molecule has 2 spiro atoms. The molecule has 0 aromatic heterocycles. The Morgan fingerprint density at radius 3 is 2.49 bits per heavy atom. The molecule has 0 aromatic rings. The molecular weight excluding hydrogens is 598 g/mol. The van der Waals surface area contributed by atoms with E-state index in [2.05, 4.69) is 25.7 Å². The molecule has 5 aliphatic carbocycles. The third-order valence-corrected chi connectivity index (χ3v) is 15.6. The van der Waals surface area contributed by atoms with Crippen LogP contribution in [0.4, 0.5) is 0 Å². The second-order valence-corrected chi connectivity index (χ2v) is 18.4. The van der Waals surface area contributed by atoms with Crippen molar-refractivity contribution in [1.29, 1.82) is 0 Å². The highest BCUT2D eigenvalue weighted by Crippen LogP contribution is 2.87. The fraction of sp³-hybridized carbons (Fsp3) is 0.947. The Hall–Kier alpha value is -1.26. The summed E-state index contributed by atoms with van der Waals surface area (Å²) in [6.07, 6.45) is 11.8. The van der Waals surface area contributed by atoms with Crippen molar-refractivity contribution in [3.63, 3.8) is 0 Å². The fourth-order valence-corrected chi connectivity index (χ4v) is 13.6. The van der Waals surface area contributed by atoms with Gasteiger partial charge < -0.3 is 28.8 Å². The van der Waals surface area contributed by atoms with Crippen LogP contribution in [0.2, 0.25) is 0 Å². The number of carbonyl (C=O) groups is 2. The van der Waals surface area contributed by atoms with Crippen LogP contribution in [0.15, 0.2) is 0 Å². The molecule has 8 fully saturated rings. The lowest BCUT2D eigenvalue weighted by atomic mass is 9.46. The number of cyclic esters (lactones) is 1. The molecule has 0 radical (unpaired) electrons. The average molecular weight is 658 g/mol. The van der Waals surface area contributed by atoms with Gasteiger partial charge in [0, 0.05) is 19.9 Å². The number of esters is 2. The van der Waals surface area contributed by atoms with E-state index >= 15 is 0 Å². The summed E-state index contributed by atoms with van der Waals surface area (Å²) in [5.41, 5.74) is 0.0760. The first-order valence-corrected chi connectivity index (χ1v) is 18.9. The highest BCUT2D eigenvalue weighted by molar-refractivity contribution is 5.77. The molecule has 0 bridgehead atoms. The summed E-state index contributed by atoms with van der Waals surface area (Å²) in [5, 5.41) is 10.9. The Morgan fingerprint density at radius 1 is 0.979 bits per heavy atom.